The van der Waals surface area contributed by atoms with Crippen molar-refractivity contribution in [3.8, 4) is 0 Å². The second kappa shape index (κ2) is 15.1. The molecule has 1 nitrogen and oxygen atoms in total. The Kier molecular flexibility index (Phi) is 14.9. The van der Waals surface area contributed by atoms with Crippen molar-refractivity contribution in [2.75, 3.05) is 19.6 Å². The molecule has 0 saturated heterocycles. The second-order valence-electron chi connectivity index (χ2n) is 6.38. The monoisotopic (exact) mass is 281 g/mol. The van der Waals surface area contributed by atoms with Gasteiger partial charge in [0.1, 0.15) is 0 Å². The van der Waals surface area contributed by atoms with Crippen LogP contribution in [0.1, 0.15) is 91.4 Å². The molecule has 0 aromatic rings. The molecule has 0 spiro atoms. The molecule has 0 unspecified atom stereocenters. The summed E-state index contributed by atoms with van der Waals surface area (Å²) in [5, 5.41) is 0. The third-order valence-electron chi connectivity index (χ3n) is 3.95. The molecule has 0 bridgehead atoms. The molecule has 0 fully saturated rings. The Labute approximate surface area is 128 Å². The number of rotatable bonds is 15. The predicted octanol–water partition coefficient (Wildman–Crippen LogP) is 6.20. The lowest BCUT2D eigenvalue weighted by molar-refractivity contribution is 0.261. The zero-order valence-corrected chi connectivity index (χ0v) is 14.6. The summed E-state index contributed by atoms with van der Waals surface area (Å²) in [7, 11) is 0. The summed E-state index contributed by atoms with van der Waals surface area (Å²) in [4.78, 5) is 2.68. The molecule has 1 heteroatoms. The molecule has 0 aliphatic rings. The second-order valence-corrected chi connectivity index (χ2v) is 6.38. The Morgan fingerprint density at radius 2 is 1.25 bits per heavy atom. The van der Waals surface area contributed by atoms with Gasteiger partial charge in [-0.15, -0.1) is 6.58 Å². The summed E-state index contributed by atoms with van der Waals surface area (Å²) in [5.74, 6) is 0. The minimum atomic E-state index is 1.21. The van der Waals surface area contributed by atoms with Gasteiger partial charge in [-0.25, -0.2) is 0 Å². The fourth-order valence-corrected chi connectivity index (χ4v) is 2.71. The van der Waals surface area contributed by atoms with Crippen LogP contribution >= 0.6 is 0 Å². The number of allylic oxidation sites excluding steroid dienone is 1. The molecule has 0 N–H and O–H groups in total. The maximum absolute atomic E-state index is 3.98. The molecule has 0 heterocycles. The van der Waals surface area contributed by atoms with E-state index >= 15 is 0 Å². The van der Waals surface area contributed by atoms with Gasteiger partial charge in [0.2, 0.25) is 0 Å². The van der Waals surface area contributed by atoms with Crippen LogP contribution in [-0.4, -0.2) is 24.5 Å². The summed E-state index contributed by atoms with van der Waals surface area (Å²) in [6.07, 6.45) is 15.0. The van der Waals surface area contributed by atoms with E-state index in [2.05, 4.69) is 32.3 Å². The van der Waals surface area contributed by atoms with Crippen molar-refractivity contribution in [2.24, 2.45) is 0 Å². The standard InChI is InChI=1S/C19H39N/c1-5-7-8-9-10-13-17-20(16-6-2)18-14-11-12-15-19(3)4/h3,5-18H2,1-2,4H3. The van der Waals surface area contributed by atoms with Crippen LogP contribution in [0.5, 0.6) is 0 Å². The van der Waals surface area contributed by atoms with Crippen LogP contribution in [0.25, 0.3) is 0 Å². The molecule has 0 saturated carbocycles. The van der Waals surface area contributed by atoms with Gasteiger partial charge in [-0.2, -0.15) is 0 Å². The average molecular weight is 282 g/mol. The first kappa shape index (κ1) is 19.7. The van der Waals surface area contributed by atoms with E-state index in [9.17, 15) is 0 Å². The van der Waals surface area contributed by atoms with Crippen LogP contribution in [0.4, 0.5) is 0 Å². The van der Waals surface area contributed by atoms with Crippen LogP contribution in [0.15, 0.2) is 12.2 Å². The van der Waals surface area contributed by atoms with E-state index < -0.39 is 0 Å². The highest BCUT2D eigenvalue weighted by Crippen LogP contribution is 2.09. The van der Waals surface area contributed by atoms with Crippen molar-refractivity contribution < 1.29 is 0 Å². The lowest BCUT2D eigenvalue weighted by Gasteiger charge is -2.21. The third kappa shape index (κ3) is 14.1. The van der Waals surface area contributed by atoms with Gasteiger partial charge in [0.15, 0.2) is 0 Å². The SMILES string of the molecule is C=C(C)CCCCCN(CCC)CCCCCCCC. The number of unbranched alkanes of at least 4 members (excludes halogenated alkanes) is 7. The Morgan fingerprint density at radius 1 is 0.700 bits per heavy atom. The van der Waals surface area contributed by atoms with E-state index in [-0.39, 0.29) is 0 Å². The molecular weight excluding hydrogens is 242 g/mol. The van der Waals surface area contributed by atoms with E-state index in [1.165, 1.54) is 95.8 Å². The molecule has 0 aromatic heterocycles. The van der Waals surface area contributed by atoms with Gasteiger partial charge < -0.3 is 4.90 Å². The van der Waals surface area contributed by atoms with Crippen LogP contribution in [0, 0.1) is 0 Å². The van der Waals surface area contributed by atoms with Gasteiger partial charge in [0, 0.05) is 0 Å². The van der Waals surface area contributed by atoms with Gasteiger partial charge in [-0.05, 0) is 58.7 Å². The highest BCUT2D eigenvalue weighted by Gasteiger charge is 2.03. The molecule has 0 rings (SSSR count). The van der Waals surface area contributed by atoms with Crippen LogP contribution in [-0.2, 0) is 0 Å². The highest BCUT2D eigenvalue weighted by atomic mass is 15.1. The molecule has 0 atom stereocenters. The summed E-state index contributed by atoms with van der Waals surface area (Å²) in [5.41, 5.74) is 1.34. The van der Waals surface area contributed by atoms with Crippen LogP contribution < -0.4 is 0 Å². The van der Waals surface area contributed by atoms with E-state index in [1.54, 1.807) is 0 Å². The van der Waals surface area contributed by atoms with Gasteiger partial charge >= 0.3 is 0 Å². The van der Waals surface area contributed by atoms with Crippen molar-refractivity contribution in [1.29, 1.82) is 0 Å². The van der Waals surface area contributed by atoms with Crippen LogP contribution in [0.2, 0.25) is 0 Å². The largest absolute Gasteiger partial charge is 0.303 e. The van der Waals surface area contributed by atoms with Crippen molar-refractivity contribution in [3.05, 3.63) is 12.2 Å². The van der Waals surface area contributed by atoms with Gasteiger partial charge in [-0.1, -0.05) is 57.9 Å². The zero-order valence-electron chi connectivity index (χ0n) is 14.6. The number of nitrogens with zero attached hydrogens (tertiary/aromatic N) is 1. The van der Waals surface area contributed by atoms with E-state index in [1.807, 2.05) is 0 Å². The summed E-state index contributed by atoms with van der Waals surface area (Å²) >= 11 is 0. The highest BCUT2D eigenvalue weighted by molar-refractivity contribution is 4.87. The first-order valence-corrected chi connectivity index (χ1v) is 9.07. The van der Waals surface area contributed by atoms with Crippen molar-refractivity contribution in [2.45, 2.75) is 91.4 Å². The average Bonchev–Trinajstić information content (AvgIpc) is 2.41. The lowest BCUT2D eigenvalue weighted by atomic mass is 10.1. The summed E-state index contributed by atoms with van der Waals surface area (Å²) < 4.78 is 0. The van der Waals surface area contributed by atoms with E-state index in [0.717, 1.165) is 0 Å². The van der Waals surface area contributed by atoms with Crippen LogP contribution in [0.3, 0.4) is 0 Å². The molecule has 0 aliphatic carbocycles. The first-order chi connectivity index (χ1) is 9.70. The fourth-order valence-electron chi connectivity index (χ4n) is 2.71. The predicted molar refractivity (Wildman–Crippen MR) is 93.4 cm³/mol. The van der Waals surface area contributed by atoms with Gasteiger partial charge in [0.25, 0.3) is 0 Å². The zero-order chi connectivity index (χ0) is 15.1. The summed E-state index contributed by atoms with van der Waals surface area (Å²) in [6.45, 7) is 14.6. The molecule has 20 heavy (non-hydrogen) atoms. The van der Waals surface area contributed by atoms with Crippen molar-refractivity contribution >= 4 is 0 Å². The van der Waals surface area contributed by atoms with Crippen molar-refractivity contribution in [1.82, 2.24) is 4.90 Å². The molecule has 0 amide bonds. The Hall–Kier alpha value is -0.300. The van der Waals surface area contributed by atoms with Gasteiger partial charge in [-0.3, -0.25) is 0 Å². The van der Waals surface area contributed by atoms with E-state index in [0.29, 0.717) is 0 Å². The molecule has 120 valence electrons. The Balaban J connectivity index is 3.52. The topological polar surface area (TPSA) is 3.24 Å². The quantitative estimate of drug-likeness (QED) is 0.255. The first-order valence-electron chi connectivity index (χ1n) is 9.07. The molecule has 0 aliphatic heterocycles. The van der Waals surface area contributed by atoms with Gasteiger partial charge in [0.05, 0.1) is 0 Å². The maximum Gasteiger partial charge on any atom is -0.00187 e. The molecule has 0 aromatic carbocycles. The molecule has 0 radical (unpaired) electrons. The van der Waals surface area contributed by atoms with E-state index in [4.69, 9.17) is 0 Å². The minimum Gasteiger partial charge on any atom is -0.303 e. The Morgan fingerprint density at radius 3 is 1.80 bits per heavy atom. The lowest BCUT2D eigenvalue weighted by Crippen LogP contribution is -2.27. The number of hydrogen-bond acceptors (Lipinski definition) is 1. The Bertz CT molecular complexity index is 210. The number of hydrogen-bond donors (Lipinski definition) is 0. The smallest absolute Gasteiger partial charge is 0.00187 e. The summed E-state index contributed by atoms with van der Waals surface area (Å²) in [6, 6.07) is 0. The third-order valence-corrected chi connectivity index (χ3v) is 3.95. The van der Waals surface area contributed by atoms with Crippen molar-refractivity contribution in [3.63, 3.8) is 0 Å². The fraction of sp³-hybridized carbons (Fsp3) is 0.895. The minimum absolute atomic E-state index is 1.21. The maximum atomic E-state index is 3.98. The normalized spacial score (nSPS) is 11.2. The molecular formula is C19H39N.